The lowest BCUT2D eigenvalue weighted by Crippen LogP contribution is -2.35. The van der Waals surface area contributed by atoms with Gasteiger partial charge in [0.15, 0.2) is 5.76 Å². The number of benzene rings is 1. The molecule has 0 fully saturated rings. The van der Waals surface area contributed by atoms with E-state index in [2.05, 4.69) is 19.2 Å². The fraction of sp³-hybridized carbons (Fsp3) is 0.385. The highest BCUT2D eigenvalue weighted by Crippen LogP contribution is 2.16. The Morgan fingerprint density at radius 1 is 1.09 bits per heavy atom. The highest BCUT2D eigenvalue weighted by molar-refractivity contribution is 5.94. The van der Waals surface area contributed by atoms with Crippen LogP contribution >= 0.6 is 0 Å². The summed E-state index contributed by atoms with van der Waals surface area (Å²) in [6, 6.07) is 13.0. The van der Waals surface area contributed by atoms with Crippen LogP contribution in [0.2, 0.25) is 0 Å². The number of furan rings is 1. The van der Waals surface area contributed by atoms with Crippen LogP contribution in [0.25, 0.3) is 0 Å². The van der Waals surface area contributed by atoms with Crippen LogP contribution in [0.5, 0.6) is 0 Å². The van der Waals surface area contributed by atoms with Gasteiger partial charge in [0.05, 0.1) is 13.1 Å². The maximum absolute atomic E-state index is 13.3. The number of hydrogen-bond donors (Lipinski definition) is 1. The van der Waals surface area contributed by atoms with E-state index >= 15 is 0 Å². The van der Waals surface area contributed by atoms with Crippen molar-refractivity contribution >= 4 is 11.8 Å². The molecule has 2 heterocycles. The van der Waals surface area contributed by atoms with E-state index < -0.39 is 0 Å². The molecule has 7 heteroatoms. The summed E-state index contributed by atoms with van der Waals surface area (Å²) in [5, 5.41) is 2.94. The summed E-state index contributed by atoms with van der Waals surface area (Å²) in [7, 11) is 0. The van der Waals surface area contributed by atoms with Gasteiger partial charge in [-0.2, -0.15) is 0 Å². The minimum atomic E-state index is -0.368. The SMILES string of the molecule is CCCN(Cc1cccn1Cc1ccc(C(=O)NC(C)C(C)C)o1)C(=O)c1ccc(F)cc1. The standard InChI is InChI=1S/C26H32FN3O3/c1-5-14-30(26(32)20-8-10-21(27)11-9-20)16-22-7-6-15-29(22)17-23-12-13-24(33-23)25(31)28-19(4)18(2)3/h6-13,15,18-19H,5,14,16-17H2,1-4H3,(H,28,31). The monoisotopic (exact) mass is 453 g/mol. The summed E-state index contributed by atoms with van der Waals surface area (Å²) < 4.78 is 21.0. The molecule has 0 spiro atoms. The summed E-state index contributed by atoms with van der Waals surface area (Å²) in [4.78, 5) is 27.2. The number of aromatic nitrogens is 1. The van der Waals surface area contributed by atoms with Crippen molar-refractivity contribution in [2.45, 2.75) is 53.2 Å². The number of amides is 2. The molecule has 1 atom stereocenters. The number of halogens is 1. The van der Waals surface area contributed by atoms with E-state index in [0.29, 0.717) is 36.9 Å². The summed E-state index contributed by atoms with van der Waals surface area (Å²) in [6.45, 7) is 9.52. The van der Waals surface area contributed by atoms with Gasteiger partial charge in [0.25, 0.3) is 11.8 Å². The molecule has 176 valence electrons. The van der Waals surface area contributed by atoms with Gasteiger partial charge in [0, 0.05) is 30.0 Å². The second-order valence-corrected chi connectivity index (χ2v) is 8.63. The van der Waals surface area contributed by atoms with Gasteiger partial charge in [-0.15, -0.1) is 0 Å². The first-order valence-electron chi connectivity index (χ1n) is 11.4. The van der Waals surface area contributed by atoms with Gasteiger partial charge in [-0.3, -0.25) is 9.59 Å². The van der Waals surface area contributed by atoms with Crippen LogP contribution in [-0.2, 0) is 13.1 Å². The number of carbonyl (C=O) groups excluding carboxylic acids is 2. The molecule has 1 N–H and O–H groups in total. The molecule has 0 aliphatic carbocycles. The lowest BCUT2D eigenvalue weighted by Gasteiger charge is -2.23. The Morgan fingerprint density at radius 2 is 1.82 bits per heavy atom. The Bertz CT molecular complexity index is 1070. The molecule has 1 aromatic carbocycles. The Kier molecular flexibility index (Phi) is 8.09. The van der Waals surface area contributed by atoms with E-state index in [4.69, 9.17) is 4.42 Å². The largest absolute Gasteiger partial charge is 0.454 e. The van der Waals surface area contributed by atoms with Gasteiger partial charge in [0.2, 0.25) is 0 Å². The molecular weight excluding hydrogens is 421 g/mol. The van der Waals surface area contributed by atoms with Crippen molar-refractivity contribution in [1.29, 1.82) is 0 Å². The predicted molar refractivity (Wildman–Crippen MR) is 125 cm³/mol. The summed E-state index contributed by atoms with van der Waals surface area (Å²) in [6.07, 6.45) is 2.73. The van der Waals surface area contributed by atoms with Crippen LogP contribution in [0.4, 0.5) is 4.39 Å². The Hall–Kier alpha value is -3.35. The lowest BCUT2D eigenvalue weighted by molar-refractivity contribution is 0.0739. The van der Waals surface area contributed by atoms with Gasteiger partial charge >= 0.3 is 0 Å². The third kappa shape index (κ3) is 6.34. The third-order valence-corrected chi connectivity index (χ3v) is 5.72. The van der Waals surface area contributed by atoms with Crippen molar-refractivity contribution in [3.8, 4) is 0 Å². The summed E-state index contributed by atoms with van der Waals surface area (Å²) >= 11 is 0. The highest BCUT2D eigenvalue weighted by Gasteiger charge is 2.19. The quantitative estimate of drug-likeness (QED) is 0.465. The molecular formula is C26H32FN3O3. The molecule has 1 unspecified atom stereocenters. The Balaban J connectivity index is 1.70. The zero-order valence-electron chi connectivity index (χ0n) is 19.7. The molecule has 0 aliphatic heterocycles. The second kappa shape index (κ2) is 11.0. The van der Waals surface area contributed by atoms with E-state index in [9.17, 15) is 14.0 Å². The van der Waals surface area contributed by atoms with E-state index in [1.165, 1.54) is 24.3 Å². The normalized spacial score (nSPS) is 12.1. The average molecular weight is 454 g/mol. The molecule has 2 amide bonds. The molecule has 0 aliphatic rings. The minimum Gasteiger partial charge on any atom is -0.454 e. The van der Waals surface area contributed by atoms with Gasteiger partial charge in [-0.25, -0.2) is 4.39 Å². The fourth-order valence-electron chi connectivity index (χ4n) is 3.44. The Labute approximate surface area is 194 Å². The zero-order chi connectivity index (χ0) is 24.0. The van der Waals surface area contributed by atoms with Gasteiger partial charge in [-0.05, 0) is 67.8 Å². The number of rotatable bonds is 10. The number of hydrogen-bond acceptors (Lipinski definition) is 3. The average Bonchev–Trinajstić information content (AvgIpc) is 3.43. The number of nitrogens with one attached hydrogen (secondary N) is 1. The molecule has 33 heavy (non-hydrogen) atoms. The van der Waals surface area contributed by atoms with Crippen LogP contribution in [0.3, 0.4) is 0 Å². The first-order valence-corrected chi connectivity index (χ1v) is 11.4. The maximum Gasteiger partial charge on any atom is 0.287 e. The maximum atomic E-state index is 13.3. The second-order valence-electron chi connectivity index (χ2n) is 8.63. The predicted octanol–water partition coefficient (Wildman–Crippen LogP) is 5.10. The van der Waals surface area contributed by atoms with E-state index in [1.54, 1.807) is 17.0 Å². The molecule has 0 saturated carbocycles. The number of nitrogens with zero attached hydrogens (tertiary/aromatic N) is 2. The highest BCUT2D eigenvalue weighted by atomic mass is 19.1. The van der Waals surface area contributed by atoms with Crippen molar-refractivity contribution in [3.05, 3.63) is 83.3 Å². The van der Waals surface area contributed by atoms with Crippen molar-refractivity contribution in [2.75, 3.05) is 6.54 Å². The van der Waals surface area contributed by atoms with Crippen molar-refractivity contribution < 1.29 is 18.4 Å². The van der Waals surface area contributed by atoms with E-state index in [-0.39, 0.29) is 29.4 Å². The lowest BCUT2D eigenvalue weighted by atomic mass is 10.1. The third-order valence-electron chi connectivity index (χ3n) is 5.72. The molecule has 6 nitrogen and oxygen atoms in total. The molecule has 0 saturated heterocycles. The molecule has 0 bridgehead atoms. The van der Waals surface area contributed by atoms with Gasteiger partial charge in [-0.1, -0.05) is 20.8 Å². The summed E-state index contributed by atoms with van der Waals surface area (Å²) in [5.41, 5.74) is 1.40. The van der Waals surface area contributed by atoms with Gasteiger partial charge in [0.1, 0.15) is 11.6 Å². The van der Waals surface area contributed by atoms with Crippen molar-refractivity contribution in [2.24, 2.45) is 5.92 Å². The molecule has 3 aromatic rings. The molecule has 2 aromatic heterocycles. The first-order chi connectivity index (χ1) is 15.8. The minimum absolute atomic E-state index is 0.0466. The molecule has 0 radical (unpaired) electrons. The Morgan fingerprint density at radius 3 is 2.48 bits per heavy atom. The fourth-order valence-corrected chi connectivity index (χ4v) is 3.44. The van der Waals surface area contributed by atoms with Crippen LogP contribution in [0.15, 0.2) is 59.1 Å². The van der Waals surface area contributed by atoms with Crippen LogP contribution in [-0.4, -0.2) is 33.9 Å². The summed E-state index contributed by atoms with van der Waals surface area (Å²) in [5.74, 6) is 0.532. The van der Waals surface area contributed by atoms with Crippen molar-refractivity contribution in [1.82, 2.24) is 14.8 Å². The topological polar surface area (TPSA) is 67.5 Å². The van der Waals surface area contributed by atoms with Crippen LogP contribution < -0.4 is 5.32 Å². The van der Waals surface area contributed by atoms with Crippen molar-refractivity contribution in [3.63, 3.8) is 0 Å². The van der Waals surface area contributed by atoms with E-state index in [0.717, 1.165) is 12.1 Å². The van der Waals surface area contributed by atoms with Crippen LogP contribution in [0.1, 0.15) is 66.5 Å². The first kappa shape index (κ1) is 24.3. The van der Waals surface area contributed by atoms with E-state index in [1.807, 2.05) is 36.7 Å². The van der Waals surface area contributed by atoms with Gasteiger partial charge < -0.3 is 19.2 Å². The van der Waals surface area contributed by atoms with Crippen LogP contribution in [0, 0.1) is 11.7 Å². The zero-order valence-corrected chi connectivity index (χ0v) is 19.7. The smallest absolute Gasteiger partial charge is 0.287 e. The number of carbonyl (C=O) groups is 2. The molecule has 3 rings (SSSR count).